The first kappa shape index (κ1) is 24.1. The highest BCUT2D eigenvalue weighted by Gasteiger charge is 2.36. The van der Waals surface area contributed by atoms with Crippen LogP contribution in [0.1, 0.15) is 63.3 Å². The molecular formula is C22H32N2O5S. The van der Waals surface area contributed by atoms with Crippen molar-refractivity contribution in [3.8, 4) is 0 Å². The summed E-state index contributed by atoms with van der Waals surface area (Å²) in [5.41, 5.74) is 1.65. The number of amides is 2. The summed E-state index contributed by atoms with van der Waals surface area (Å²) in [6, 6.07) is 2.67. The Kier molecular flexibility index (Phi) is 9.52. The Morgan fingerprint density at radius 2 is 1.97 bits per heavy atom. The van der Waals surface area contributed by atoms with Crippen LogP contribution in [0, 0.1) is 17.8 Å². The average Bonchev–Trinajstić information content (AvgIpc) is 3.41. The number of esters is 1. The first-order chi connectivity index (χ1) is 14.4. The summed E-state index contributed by atoms with van der Waals surface area (Å²) in [6.07, 6.45) is 5.83. The number of hydrogen-bond acceptors (Lipinski definition) is 6. The summed E-state index contributed by atoms with van der Waals surface area (Å²) < 4.78 is 5.65. The van der Waals surface area contributed by atoms with Gasteiger partial charge in [0.2, 0.25) is 11.8 Å². The lowest BCUT2D eigenvalue weighted by atomic mass is 9.82. The van der Waals surface area contributed by atoms with Crippen molar-refractivity contribution in [1.29, 1.82) is 0 Å². The van der Waals surface area contributed by atoms with Gasteiger partial charge in [-0.15, -0.1) is 17.9 Å². The minimum absolute atomic E-state index is 0.114. The van der Waals surface area contributed by atoms with Gasteiger partial charge in [0.25, 0.3) is 0 Å². The molecule has 8 heteroatoms. The molecule has 1 aliphatic rings. The third kappa shape index (κ3) is 6.67. The maximum atomic E-state index is 13.3. The number of carbonyl (C=O) groups excluding carboxylic acids is 3. The van der Waals surface area contributed by atoms with Crippen molar-refractivity contribution in [3.63, 3.8) is 0 Å². The third-order valence-corrected chi connectivity index (χ3v) is 6.29. The van der Waals surface area contributed by atoms with E-state index in [1.54, 1.807) is 17.6 Å². The van der Waals surface area contributed by atoms with E-state index in [9.17, 15) is 14.4 Å². The van der Waals surface area contributed by atoms with Crippen molar-refractivity contribution in [2.75, 3.05) is 0 Å². The van der Waals surface area contributed by atoms with E-state index in [0.717, 1.165) is 25.7 Å². The largest absolute Gasteiger partial charge is 0.461 e. The Labute approximate surface area is 181 Å². The SMILES string of the molecule is C=CC[C@H](C(=O)NO)[C@@H](CC(C)C)C(=O)NC(C(=O)OC1CCCC1)c1cccs1. The lowest BCUT2D eigenvalue weighted by Gasteiger charge is -2.27. The zero-order valence-electron chi connectivity index (χ0n) is 17.6. The topological polar surface area (TPSA) is 105 Å². The fraction of sp³-hybridized carbons (Fsp3) is 0.591. The van der Waals surface area contributed by atoms with Gasteiger partial charge in [-0.25, -0.2) is 10.3 Å². The lowest BCUT2D eigenvalue weighted by molar-refractivity contribution is -0.153. The Bertz CT molecular complexity index is 713. The summed E-state index contributed by atoms with van der Waals surface area (Å²) >= 11 is 1.36. The van der Waals surface area contributed by atoms with Crippen molar-refractivity contribution in [3.05, 3.63) is 35.0 Å². The molecule has 1 unspecified atom stereocenters. The number of allylic oxidation sites excluding steroid dienone is 1. The second-order valence-electron chi connectivity index (χ2n) is 8.14. The van der Waals surface area contributed by atoms with E-state index >= 15 is 0 Å². The zero-order valence-corrected chi connectivity index (χ0v) is 18.5. The van der Waals surface area contributed by atoms with Crippen molar-refractivity contribution in [2.24, 2.45) is 17.8 Å². The highest BCUT2D eigenvalue weighted by molar-refractivity contribution is 7.10. The number of nitrogens with one attached hydrogen (secondary N) is 2. The summed E-state index contributed by atoms with van der Waals surface area (Å²) in [7, 11) is 0. The van der Waals surface area contributed by atoms with E-state index < -0.39 is 35.7 Å². The van der Waals surface area contributed by atoms with Gasteiger partial charge in [0.05, 0.1) is 11.8 Å². The quantitative estimate of drug-likeness (QED) is 0.212. The highest BCUT2D eigenvalue weighted by Crippen LogP contribution is 2.29. The van der Waals surface area contributed by atoms with Crippen molar-refractivity contribution in [1.82, 2.24) is 10.8 Å². The third-order valence-electron chi connectivity index (χ3n) is 5.35. The van der Waals surface area contributed by atoms with Gasteiger partial charge in [0.1, 0.15) is 6.10 Å². The van der Waals surface area contributed by atoms with Gasteiger partial charge in [-0.1, -0.05) is 26.0 Å². The van der Waals surface area contributed by atoms with Crippen LogP contribution in [0.4, 0.5) is 0 Å². The number of rotatable bonds is 11. The Morgan fingerprint density at radius 1 is 1.27 bits per heavy atom. The van der Waals surface area contributed by atoms with Gasteiger partial charge in [0.15, 0.2) is 6.04 Å². The first-order valence-electron chi connectivity index (χ1n) is 10.5. The van der Waals surface area contributed by atoms with Crippen LogP contribution in [0.2, 0.25) is 0 Å². The molecule has 1 heterocycles. The summed E-state index contributed by atoms with van der Waals surface area (Å²) in [5.74, 6) is -2.92. The molecule has 3 atom stereocenters. The average molecular weight is 437 g/mol. The molecule has 0 aromatic carbocycles. The van der Waals surface area contributed by atoms with Crippen LogP contribution in [-0.2, 0) is 19.1 Å². The Hall–Kier alpha value is -2.19. The fourth-order valence-corrected chi connectivity index (χ4v) is 4.63. The maximum absolute atomic E-state index is 13.3. The van der Waals surface area contributed by atoms with Crippen molar-refractivity contribution < 1.29 is 24.3 Å². The summed E-state index contributed by atoms with van der Waals surface area (Å²) in [5, 5.41) is 13.8. The van der Waals surface area contributed by atoms with E-state index in [0.29, 0.717) is 11.3 Å². The molecule has 1 aromatic rings. The zero-order chi connectivity index (χ0) is 22.1. The van der Waals surface area contributed by atoms with E-state index in [2.05, 4.69) is 11.9 Å². The minimum atomic E-state index is -0.922. The second kappa shape index (κ2) is 11.9. The van der Waals surface area contributed by atoms with Gasteiger partial charge in [-0.2, -0.15) is 0 Å². The number of hydroxylamine groups is 1. The monoisotopic (exact) mass is 436 g/mol. The number of ether oxygens (including phenoxy) is 1. The molecule has 2 amide bonds. The lowest BCUT2D eigenvalue weighted by Crippen LogP contribution is -2.45. The Balaban J connectivity index is 2.23. The molecule has 166 valence electrons. The normalized spacial score (nSPS) is 17.2. The minimum Gasteiger partial charge on any atom is -0.461 e. The molecular weight excluding hydrogens is 404 g/mol. The van der Waals surface area contributed by atoms with E-state index in [-0.39, 0.29) is 18.4 Å². The number of thiophene rings is 1. The molecule has 0 aliphatic heterocycles. The summed E-state index contributed by atoms with van der Waals surface area (Å²) in [4.78, 5) is 39.1. The predicted molar refractivity (Wildman–Crippen MR) is 115 cm³/mol. The van der Waals surface area contributed by atoms with Crippen LogP contribution in [0.3, 0.4) is 0 Å². The summed E-state index contributed by atoms with van der Waals surface area (Å²) in [6.45, 7) is 7.56. The molecule has 30 heavy (non-hydrogen) atoms. The number of hydrogen-bond donors (Lipinski definition) is 3. The standard InChI is InChI=1S/C22H32N2O5S/c1-4-8-16(21(26)24-28)17(13-14(2)3)20(25)23-19(18-11-7-12-30-18)22(27)29-15-9-5-6-10-15/h4,7,11-12,14-17,19,28H,1,5-6,8-10,13H2,2-3H3,(H,23,25)(H,24,26)/t16-,17+,19?/m0/s1. The molecule has 1 saturated carbocycles. The smallest absolute Gasteiger partial charge is 0.334 e. The van der Waals surface area contributed by atoms with Crippen LogP contribution in [0.15, 0.2) is 30.2 Å². The molecule has 1 aliphatic carbocycles. The fourth-order valence-electron chi connectivity index (χ4n) is 3.87. The van der Waals surface area contributed by atoms with E-state index in [1.165, 1.54) is 11.3 Å². The molecule has 3 N–H and O–H groups in total. The molecule has 2 rings (SSSR count). The van der Waals surface area contributed by atoms with Gasteiger partial charge in [-0.05, 0) is 55.9 Å². The second-order valence-corrected chi connectivity index (χ2v) is 9.12. The van der Waals surface area contributed by atoms with Crippen LogP contribution < -0.4 is 10.8 Å². The van der Waals surface area contributed by atoms with Crippen LogP contribution in [0.5, 0.6) is 0 Å². The van der Waals surface area contributed by atoms with E-state index in [4.69, 9.17) is 9.94 Å². The molecule has 7 nitrogen and oxygen atoms in total. The maximum Gasteiger partial charge on any atom is 0.334 e. The van der Waals surface area contributed by atoms with Crippen molar-refractivity contribution >= 4 is 29.1 Å². The first-order valence-corrected chi connectivity index (χ1v) is 11.3. The molecule has 0 spiro atoms. The highest BCUT2D eigenvalue weighted by atomic mass is 32.1. The molecule has 0 bridgehead atoms. The van der Waals surface area contributed by atoms with Crippen LogP contribution in [-0.4, -0.2) is 29.1 Å². The van der Waals surface area contributed by atoms with Crippen LogP contribution >= 0.6 is 11.3 Å². The molecule has 0 saturated heterocycles. The molecule has 1 aromatic heterocycles. The Morgan fingerprint density at radius 3 is 2.50 bits per heavy atom. The number of carbonyl (C=O) groups is 3. The van der Waals surface area contributed by atoms with Gasteiger partial charge in [0, 0.05) is 4.88 Å². The van der Waals surface area contributed by atoms with Gasteiger partial charge >= 0.3 is 5.97 Å². The van der Waals surface area contributed by atoms with E-state index in [1.807, 2.05) is 25.3 Å². The predicted octanol–water partition coefficient (Wildman–Crippen LogP) is 3.75. The van der Waals surface area contributed by atoms with Gasteiger partial charge < -0.3 is 10.1 Å². The molecule has 0 radical (unpaired) electrons. The molecule has 1 fully saturated rings. The van der Waals surface area contributed by atoms with Crippen molar-refractivity contribution in [2.45, 2.75) is 64.5 Å². The van der Waals surface area contributed by atoms with Gasteiger partial charge in [-0.3, -0.25) is 14.8 Å². The van der Waals surface area contributed by atoms with Crippen LogP contribution in [0.25, 0.3) is 0 Å².